The van der Waals surface area contributed by atoms with E-state index in [9.17, 15) is 5.11 Å². The highest BCUT2D eigenvalue weighted by Gasteiger charge is 2.17. The van der Waals surface area contributed by atoms with Gasteiger partial charge in [-0.15, -0.1) is 0 Å². The van der Waals surface area contributed by atoms with Gasteiger partial charge >= 0.3 is 0 Å². The number of methoxy groups -OCH3 is 3. The lowest BCUT2D eigenvalue weighted by Crippen LogP contribution is -2.21. The molecule has 0 fully saturated rings. The van der Waals surface area contributed by atoms with Gasteiger partial charge in [-0.25, -0.2) is 0 Å². The minimum atomic E-state index is -0.674. The van der Waals surface area contributed by atoms with E-state index in [-0.39, 0.29) is 0 Å². The summed E-state index contributed by atoms with van der Waals surface area (Å²) in [5.74, 6) is 1.58. The van der Waals surface area contributed by atoms with Crippen molar-refractivity contribution in [2.75, 3.05) is 27.9 Å². The summed E-state index contributed by atoms with van der Waals surface area (Å²) < 4.78 is 15.9. The van der Waals surface area contributed by atoms with E-state index in [1.807, 2.05) is 30.3 Å². The Kier molecular flexibility index (Phi) is 6.26. The number of hydrogen-bond donors (Lipinski definition) is 2. The molecular formula is C18H23NO4. The molecule has 0 saturated carbocycles. The average Bonchev–Trinajstić information content (AvgIpc) is 2.61. The van der Waals surface area contributed by atoms with E-state index in [0.29, 0.717) is 35.9 Å². The number of aliphatic hydroxyl groups is 1. The highest BCUT2D eigenvalue weighted by Crippen LogP contribution is 2.39. The fourth-order valence-corrected chi connectivity index (χ4v) is 2.36. The van der Waals surface area contributed by atoms with Gasteiger partial charge in [-0.05, 0) is 23.3 Å². The van der Waals surface area contributed by atoms with E-state index in [0.717, 1.165) is 0 Å². The molecule has 0 saturated heterocycles. The van der Waals surface area contributed by atoms with Crippen molar-refractivity contribution in [3.63, 3.8) is 0 Å². The van der Waals surface area contributed by atoms with Crippen molar-refractivity contribution in [3.8, 4) is 17.2 Å². The lowest BCUT2D eigenvalue weighted by atomic mass is 10.1. The SMILES string of the molecule is COc1cc(C(O)CNCc2ccccc2)cc(OC)c1OC. The fourth-order valence-electron chi connectivity index (χ4n) is 2.36. The Labute approximate surface area is 136 Å². The van der Waals surface area contributed by atoms with Crippen molar-refractivity contribution in [3.05, 3.63) is 53.6 Å². The van der Waals surface area contributed by atoms with Crippen molar-refractivity contribution in [2.45, 2.75) is 12.6 Å². The molecule has 1 unspecified atom stereocenters. The Balaban J connectivity index is 2.05. The summed E-state index contributed by atoms with van der Waals surface area (Å²) in [6.07, 6.45) is -0.674. The molecule has 2 aromatic rings. The second kappa shape index (κ2) is 8.41. The third-order valence-electron chi connectivity index (χ3n) is 3.58. The van der Waals surface area contributed by atoms with E-state index in [2.05, 4.69) is 5.32 Å². The molecule has 1 atom stereocenters. The zero-order chi connectivity index (χ0) is 16.7. The second-order valence-corrected chi connectivity index (χ2v) is 5.09. The molecule has 2 aromatic carbocycles. The Morgan fingerprint density at radius 2 is 1.57 bits per heavy atom. The van der Waals surface area contributed by atoms with E-state index in [1.165, 1.54) is 5.56 Å². The van der Waals surface area contributed by atoms with E-state index >= 15 is 0 Å². The van der Waals surface area contributed by atoms with Gasteiger partial charge in [0, 0.05) is 13.1 Å². The number of hydrogen-bond acceptors (Lipinski definition) is 5. The molecule has 2 rings (SSSR count). The summed E-state index contributed by atoms with van der Waals surface area (Å²) in [7, 11) is 4.67. The number of ether oxygens (including phenoxy) is 3. The van der Waals surface area contributed by atoms with Crippen LogP contribution >= 0.6 is 0 Å². The minimum absolute atomic E-state index is 0.424. The van der Waals surface area contributed by atoms with Crippen LogP contribution in [0.5, 0.6) is 17.2 Å². The molecule has 0 spiro atoms. The van der Waals surface area contributed by atoms with Gasteiger partial charge in [-0.3, -0.25) is 0 Å². The number of nitrogens with one attached hydrogen (secondary N) is 1. The molecule has 23 heavy (non-hydrogen) atoms. The van der Waals surface area contributed by atoms with Gasteiger partial charge in [0.05, 0.1) is 27.4 Å². The molecule has 0 aromatic heterocycles. The molecule has 0 heterocycles. The topological polar surface area (TPSA) is 60.0 Å². The van der Waals surface area contributed by atoms with Crippen LogP contribution in [0, 0.1) is 0 Å². The van der Waals surface area contributed by atoms with E-state index in [1.54, 1.807) is 33.5 Å². The Bertz CT molecular complexity index is 591. The third-order valence-corrected chi connectivity index (χ3v) is 3.58. The molecule has 5 heteroatoms. The first-order chi connectivity index (χ1) is 11.2. The monoisotopic (exact) mass is 317 g/mol. The van der Waals surface area contributed by atoms with Gasteiger partial charge in [0.2, 0.25) is 5.75 Å². The smallest absolute Gasteiger partial charge is 0.203 e. The van der Waals surface area contributed by atoms with Gasteiger partial charge in [0.25, 0.3) is 0 Å². The first-order valence-electron chi connectivity index (χ1n) is 7.42. The van der Waals surface area contributed by atoms with E-state index in [4.69, 9.17) is 14.2 Å². The maximum Gasteiger partial charge on any atom is 0.203 e. The van der Waals surface area contributed by atoms with Gasteiger partial charge < -0.3 is 24.6 Å². The van der Waals surface area contributed by atoms with Crippen LogP contribution in [0.15, 0.2) is 42.5 Å². The molecule has 124 valence electrons. The maximum absolute atomic E-state index is 10.4. The minimum Gasteiger partial charge on any atom is -0.493 e. The summed E-state index contributed by atoms with van der Waals surface area (Å²) in [6.45, 7) is 1.12. The number of aliphatic hydroxyl groups excluding tert-OH is 1. The largest absolute Gasteiger partial charge is 0.493 e. The van der Waals surface area contributed by atoms with Crippen LogP contribution in [-0.4, -0.2) is 33.0 Å². The molecule has 2 N–H and O–H groups in total. The van der Waals surface area contributed by atoms with Gasteiger partial charge in [0.15, 0.2) is 11.5 Å². The standard InChI is InChI=1S/C18H23NO4/c1-21-16-9-14(10-17(22-2)18(16)23-3)15(20)12-19-11-13-7-5-4-6-8-13/h4-10,15,19-20H,11-12H2,1-3H3. The lowest BCUT2D eigenvalue weighted by molar-refractivity contribution is 0.173. The zero-order valence-corrected chi connectivity index (χ0v) is 13.7. The molecule has 5 nitrogen and oxygen atoms in total. The quantitative estimate of drug-likeness (QED) is 0.783. The van der Waals surface area contributed by atoms with Crippen LogP contribution in [0.2, 0.25) is 0 Å². The van der Waals surface area contributed by atoms with Crippen LogP contribution in [-0.2, 0) is 6.54 Å². The average molecular weight is 317 g/mol. The summed E-state index contributed by atoms with van der Waals surface area (Å²) in [6, 6.07) is 13.6. The maximum atomic E-state index is 10.4. The number of benzene rings is 2. The summed E-state index contributed by atoms with van der Waals surface area (Å²) in [4.78, 5) is 0. The highest BCUT2D eigenvalue weighted by molar-refractivity contribution is 5.54. The lowest BCUT2D eigenvalue weighted by Gasteiger charge is -2.17. The van der Waals surface area contributed by atoms with Crippen LogP contribution < -0.4 is 19.5 Å². The summed E-state index contributed by atoms with van der Waals surface area (Å²) in [5.41, 5.74) is 1.88. The first kappa shape index (κ1) is 17.1. The van der Waals surface area contributed by atoms with Crippen molar-refractivity contribution in [1.82, 2.24) is 5.32 Å². The Hall–Kier alpha value is -2.24. The van der Waals surface area contributed by atoms with E-state index < -0.39 is 6.10 Å². The van der Waals surface area contributed by atoms with Crippen molar-refractivity contribution in [2.24, 2.45) is 0 Å². The molecule has 0 radical (unpaired) electrons. The molecule has 0 aliphatic heterocycles. The van der Waals surface area contributed by atoms with Gasteiger partial charge in [-0.2, -0.15) is 0 Å². The normalized spacial score (nSPS) is 11.8. The number of rotatable bonds is 8. The molecule has 0 aliphatic rings. The van der Waals surface area contributed by atoms with Crippen molar-refractivity contribution < 1.29 is 19.3 Å². The van der Waals surface area contributed by atoms with Crippen LogP contribution in [0.3, 0.4) is 0 Å². The first-order valence-corrected chi connectivity index (χ1v) is 7.42. The zero-order valence-electron chi connectivity index (χ0n) is 13.7. The second-order valence-electron chi connectivity index (χ2n) is 5.09. The Morgan fingerprint density at radius 1 is 0.957 bits per heavy atom. The molecule has 0 amide bonds. The van der Waals surface area contributed by atoms with Crippen LogP contribution in [0.25, 0.3) is 0 Å². The van der Waals surface area contributed by atoms with Gasteiger partial charge in [-0.1, -0.05) is 30.3 Å². The molecule has 0 bridgehead atoms. The fraction of sp³-hybridized carbons (Fsp3) is 0.333. The molecular weight excluding hydrogens is 294 g/mol. The predicted molar refractivity (Wildman–Crippen MR) is 89.2 cm³/mol. The van der Waals surface area contributed by atoms with Gasteiger partial charge in [0.1, 0.15) is 0 Å². The van der Waals surface area contributed by atoms with Crippen molar-refractivity contribution in [1.29, 1.82) is 0 Å². The van der Waals surface area contributed by atoms with Crippen LogP contribution in [0.4, 0.5) is 0 Å². The molecule has 0 aliphatic carbocycles. The highest BCUT2D eigenvalue weighted by atomic mass is 16.5. The Morgan fingerprint density at radius 3 is 2.09 bits per heavy atom. The third kappa shape index (κ3) is 4.37. The predicted octanol–water partition coefficient (Wildman–Crippen LogP) is 2.54. The van der Waals surface area contributed by atoms with Crippen LogP contribution in [0.1, 0.15) is 17.2 Å². The summed E-state index contributed by atoms with van der Waals surface area (Å²) in [5, 5.41) is 13.6. The summed E-state index contributed by atoms with van der Waals surface area (Å²) >= 11 is 0. The van der Waals surface area contributed by atoms with Crippen molar-refractivity contribution >= 4 is 0 Å².